The maximum Gasteiger partial charge on any atom is 0.318 e. The third-order valence-corrected chi connectivity index (χ3v) is 2.52. The van der Waals surface area contributed by atoms with Gasteiger partial charge in [0, 0.05) is 19.6 Å². The molecule has 72 valence electrons. The van der Waals surface area contributed by atoms with E-state index in [9.17, 15) is 9.59 Å². The highest BCUT2D eigenvalue weighted by Gasteiger charge is 2.33. The molecule has 0 spiro atoms. The lowest BCUT2D eigenvalue weighted by Gasteiger charge is -2.28. The number of nitrogens with one attached hydrogen (secondary N) is 2. The first-order chi connectivity index (χ1) is 6.29. The molecule has 2 N–H and O–H groups in total. The van der Waals surface area contributed by atoms with Crippen LogP contribution < -0.4 is 10.6 Å². The van der Waals surface area contributed by atoms with Crippen molar-refractivity contribution in [3.63, 3.8) is 0 Å². The molecule has 1 atom stereocenters. The number of nitrogens with zero attached hydrogens (tertiary/aromatic N) is 1. The molecule has 0 radical (unpaired) electrons. The van der Waals surface area contributed by atoms with Gasteiger partial charge in [0.05, 0.1) is 0 Å². The molecule has 0 aliphatic carbocycles. The molecule has 5 heteroatoms. The summed E-state index contributed by atoms with van der Waals surface area (Å²) in [5.41, 5.74) is 0. The maximum absolute atomic E-state index is 11.4. The van der Waals surface area contributed by atoms with Gasteiger partial charge in [-0.2, -0.15) is 0 Å². The summed E-state index contributed by atoms with van der Waals surface area (Å²) in [5, 5.41) is 5.46. The molecule has 2 aliphatic rings. The molecule has 0 saturated carbocycles. The van der Waals surface area contributed by atoms with Gasteiger partial charge in [-0.05, 0) is 12.8 Å². The Kier molecular flexibility index (Phi) is 2.08. The summed E-state index contributed by atoms with van der Waals surface area (Å²) in [6, 6.07) is -0.349. The van der Waals surface area contributed by atoms with Crippen molar-refractivity contribution in [2.45, 2.75) is 18.9 Å². The number of hydrogen-bond acceptors (Lipinski definition) is 2. The first-order valence-corrected chi connectivity index (χ1v) is 4.61. The zero-order valence-electron chi connectivity index (χ0n) is 7.38. The third kappa shape index (κ3) is 1.46. The Bertz CT molecular complexity index is 242. The van der Waals surface area contributed by atoms with Crippen molar-refractivity contribution in [2.75, 3.05) is 19.6 Å². The average molecular weight is 183 g/mol. The van der Waals surface area contributed by atoms with Gasteiger partial charge < -0.3 is 15.5 Å². The van der Waals surface area contributed by atoms with Crippen LogP contribution in [-0.2, 0) is 4.79 Å². The van der Waals surface area contributed by atoms with Gasteiger partial charge in [-0.1, -0.05) is 0 Å². The Balaban J connectivity index is 2.05. The van der Waals surface area contributed by atoms with Crippen LogP contribution in [0.25, 0.3) is 0 Å². The monoisotopic (exact) mass is 183 g/mol. The van der Waals surface area contributed by atoms with Gasteiger partial charge >= 0.3 is 6.03 Å². The van der Waals surface area contributed by atoms with Crippen molar-refractivity contribution in [3.05, 3.63) is 0 Å². The lowest BCUT2D eigenvalue weighted by molar-refractivity contribution is -0.126. The number of rotatable bonds is 1. The standard InChI is InChI=1S/C8H13N3O2/c12-7-6(2-1-3-9-7)11-5-4-10-8(11)13/h6H,1-5H2,(H,9,12)(H,10,13). The van der Waals surface area contributed by atoms with Gasteiger partial charge in [0.1, 0.15) is 6.04 Å². The van der Waals surface area contributed by atoms with E-state index in [4.69, 9.17) is 0 Å². The predicted molar refractivity (Wildman–Crippen MR) is 46.1 cm³/mol. The Morgan fingerprint density at radius 2 is 2.08 bits per heavy atom. The number of carbonyl (C=O) groups is 2. The summed E-state index contributed by atoms with van der Waals surface area (Å²) in [6.07, 6.45) is 1.75. The van der Waals surface area contributed by atoms with E-state index in [2.05, 4.69) is 10.6 Å². The minimum atomic E-state index is -0.240. The first-order valence-electron chi connectivity index (χ1n) is 4.61. The van der Waals surface area contributed by atoms with Crippen molar-refractivity contribution in [3.8, 4) is 0 Å². The molecule has 2 saturated heterocycles. The smallest absolute Gasteiger partial charge is 0.318 e. The number of hydrogen-bond donors (Lipinski definition) is 2. The lowest BCUT2D eigenvalue weighted by atomic mass is 10.1. The van der Waals surface area contributed by atoms with Gasteiger partial charge in [-0.15, -0.1) is 0 Å². The van der Waals surface area contributed by atoms with Gasteiger partial charge in [0.2, 0.25) is 5.91 Å². The molecule has 5 nitrogen and oxygen atoms in total. The highest BCUT2D eigenvalue weighted by Crippen LogP contribution is 2.13. The molecule has 2 heterocycles. The molecule has 0 aromatic rings. The van der Waals surface area contributed by atoms with Crippen LogP contribution in [0.3, 0.4) is 0 Å². The lowest BCUT2D eigenvalue weighted by Crippen LogP contribution is -2.51. The van der Waals surface area contributed by atoms with Crippen molar-refractivity contribution in [2.24, 2.45) is 0 Å². The second-order valence-electron chi connectivity index (χ2n) is 3.37. The van der Waals surface area contributed by atoms with Crippen LogP contribution in [0, 0.1) is 0 Å². The van der Waals surface area contributed by atoms with Crippen molar-refractivity contribution >= 4 is 11.9 Å². The Hall–Kier alpha value is -1.26. The summed E-state index contributed by atoms with van der Waals surface area (Å²) in [6.45, 7) is 2.05. The molecule has 2 rings (SSSR count). The molecule has 2 aliphatic heterocycles. The quantitative estimate of drug-likeness (QED) is 0.564. The molecule has 0 aromatic heterocycles. The maximum atomic E-state index is 11.4. The molecular weight excluding hydrogens is 170 g/mol. The number of urea groups is 1. The van der Waals surface area contributed by atoms with Crippen LogP contribution in [-0.4, -0.2) is 42.5 Å². The van der Waals surface area contributed by atoms with Crippen LogP contribution >= 0.6 is 0 Å². The fraction of sp³-hybridized carbons (Fsp3) is 0.750. The van der Waals surface area contributed by atoms with Crippen molar-refractivity contribution in [1.82, 2.24) is 15.5 Å². The fourth-order valence-electron chi connectivity index (χ4n) is 1.84. The van der Waals surface area contributed by atoms with E-state index in [0.29, 0.717) is 13.1 Å². The Labute approximate surface area is 76.5 Å². The average Bonchev–Trinajstić information content (AvgIpc) is 2.52. The highest BCUT2D eigenvalue weighted by atomic mass is 16.2. The van der Waals surface area contributed by atoms with E-state index < -0.39 is 0 Å². The fourth-order valence-corrected chi connectivity index (χ4v) is 1.84. The van der Waals surface area contributed by atoms with Gasteiger partial charge in [-0.25, -0.2) is 4.79 Å². The number of carbonyl (C=O) groups excluding carboxylic acids is 2. The van der Waals surface area contributed by atoms with E-state index in [1.807, 2.05) is 0 Å². The minimum absolute atomic E-state index is 0.0108. The number of amides is 3. The van der Waals surface area contributed by atoms with Gasteiger partial charge in [-0.3, -0.25) is 4.79 Å². The van der Waals surface area contributed by atoms with Crippen LogP contribution in [0.1, 0.15) is 12.8 Å². The normalized spacial score (nSPS) is 28.6. The molecule has 0 aromatic carbocycles. The zero-order chi connectivity index (χ0) is 9.26. The second-order valence-corrected chi connectivity index (χ2v) is 3.37. The van der Waals surface area contributed by atoms with Crippen molar-refractivity contribution < 1.29 is 9.59 Å². The molecule has 3 amide bonds. The molecular formula is C8H13N3O2. The van der Waals surface area contributed by atoms with Crippen LogP contribution in [0.4, 0.5) is 4.79 Å². The molecule has 13 heavy (non-hydrogen) atoms. The van der Waals surface area contributed by atoms with Crippen LogP contribution in [0.5, 0.6) is 0 Å². The largest absolute Gasteiger partial charge is 0.354 e. The van der Waals surface area contributed by atoms with Crippen molar-refractivity contribution in [1.29, 1.82) is 0 Å². The topological polar surface area (TPSA) is 61.4 Å². The Morgan fingerprint density at radius 3 is 2.69 bits per heavy atom. The van der Waals surface area contributed by atoms with E-state index >= 15 is 0 Å². The SMILES string of the molecule is O=C1NCCCC1N1CCNC1=O. The summed E-state index contributed by atoms with van der Waals surface area (Å²) < 4.78 is 0. The predicted octanol–water partition coefficient (Wildman–Crippen LogP) is -0.710. The minimum Gasteiger partial charge on any atom is -0.354 e. The molecule has 0 bridgehead atoms. The van der Waals surface area contributed by atoms with E-state index in [0.717, 1.165) is 19.4 Å². The van der Waals surface area contributed by atoms with E-state index in [1.54, 1.807) is 4.90 Å². The zero-order valence-corrected chi connectivity index (χ0v) is 7.38. The first kappa shape index (κ1) is 8.34. The number of piperidine rings is 1. The molecule has 2 fully saturated rings. The highest BCUT2D eigenvalue weighted by molar-refractivity contribution is 5.88. The van der Waals surface area contributed by atoms with E-state index in [1.165, 1.54) is 0 Å². The van der Waals surface area contributed by atoms with E-state index in [-0.39, 0.29) is 18.0 Å². The third-order valence-electron chi connectivity index (χ3n) is 2.52. The molecule has 1 unspecified atom stereocenters. The van der Waals surface area contributed by atoms with Gasteiger partial charge in [0.15, 0.2) is 0 Å². The Morgan fingerprint density at radius 1 is 1.23 bits per heavy atom. The second kappa shape index (κ2) is 3.24. The summed E-state index contributed by atoms with van der Waals surface area (Å²) in [5.74, 6) is -0.0108. The van der Waals surface area contributed by atoms with Gasteiger partial charge in [0.25, 0.3) is 0 Å². The summed E-state index contributed by atoms with van der Waals surface area (Å²) in [4.78, 5) is 24.3. The van der Waals surface area contributed by atoms with Crippen LogP contribution in [0.15, 0.2) is 0 Å². The summed E-state index contributed by atoms with van der Waals surface area (Å²) >= 11 is 0. The van der Waals surface area contributed by atoms with Crippen LogP contribution in [0.2, 0.25) is 0 Å². The summed E-state index contributed by atoms with van der Waals surface area (Å²) in [7, 11) is 0.